The summed E-state index contributed by atoms with van der Waals surface area (Å²) < 4.78 is 1.98. The number of aryl methyl sites for hydroxylation is 1. The average molecular weight is 367 g/mol. The van der Waals surface area contributed by atoms with E-state index in [0.29, 0.717) is 6.04 Å². The van der Waals surface area contributed by atoms with Crippen molar-refractivity contribution in [1.29, 1.82) is 0 Å². The van der Waals surface area contributed by atoms with Gasteiger partial charge in [0.1, 0.15) is 0 Å². The van der Waals surface area contributed by atoms with Gasteiger partial charge < -0.3 is 9.80 Å². The standard InChI is InChI=1S/C19H25N7O/c1-13-3-4-17-14(7-13)8-18(22-21-17)24-10-16(11-24)26-12-15(9-20-26)25-6-5-23(2)19(25)27/h8-9,12-13,16H,3-7,10-11H2,1-2H3. The molecule has 8 nitrogen and oxygen atoms in total. The lowest BCUT2D eigenvalue weighted by Gasteiger charge is -2.40. The summed E-state index contributed by atoms with van der Waals surface area (Å²) in [5, 5.41) is 13.4. The number of hydrogen-bond donors (Lipinski definition) is 0. The summed E-state index contributed by atoms with van der Waals surface area (Å²) >= 11 is 0. The molecule has 1 unspecified atom stereocenters. The van der Waals surface area contributed by atoms with Crippen LogP contribution in [0.3, 0.4) is 0 Å². The van der Waals surface area contributed by atoms with E-state index in [9.17, 15) is 4.79 Å². The van der Waals surface area contributed by atoms with E-state index in [1.807, 2.05) is 17.9 Å². The van der Waals surface area contributed by atoms with Crippen molar-refractivity contribution in [3.63, 3.8) is 0 Å². The molecule has 4 heterocycles. The first-order valence-corrected chi connectivity index (χ1v) is 9.75. The molecular formula is C19H25N7O. The zero-order chi connectivity index (χ0) is 18.5. The van der Waals surface area contributed by atoms with Crippen molar-refractivity contribution >= 4 is 17.5 Å². The minimum atomic E-state index is 0.0448. The van der Waals surface area contributed by atoms with E-state index < -0.39 is 0 Å². The number of nitrogens with zero attached hydrogens (tertiary/aromatic N) is 7. The van der Waals surface area contributed by atoms with Crippen LogP contribution >= 0.6 is 0 Å². The fourth-order valence-electron chi connectivity index (χ4n) is 4.21. The molecule has 2 aromatic rings. The molecule has 2 saturated heterocycles. The molecule has 1 atom stereocenters. The summed E-state index contributed by atoms with van der Waals surface area (Å²) in [4.78, 5) is 17.9. The number of carbonyl (C=O) groups excluding carboxylic acids is 1. The zero-order valence-corrected chi connectivity index (χ0v) is 15.9. The Kier molecular flexibility index (Phi) is 3.80. The minimum absolute atomic E-state index is 0.0448. The number of aromatic nitrogens is 4. The van der Waals surface area contributed by atoms with Crippen molar-refractivity contribution in [1.82, 2.24) is 24.9 Å². The summed E-state index contributed by atoms with van der Waals surface area (Å²) in [6.07, 6.45) is 7.14. The predicted octanol–water partition coefficient (Wildman–Crippen LogP) is 1.73. The number of urea groups is 1. The van der Waals surface area contributed by atoms with Crippen LogP contribution in [0.5, 0.6) is 0 Å². The molecule has 142 valence electrons. The van der Waals surface area contributed by atoms with Crippen LogP contribution in [-0.2, 0) is 12.8 Å². The molecule has 2 aliphatic heterocycles. The number of amides is 2. The van der Waals surface area contributed by atoms with Crippen LogP contribution in [0.4, 0.5) is 16.3 Å². The van der Waals surface area contributed by atoms with Gasteiger partial charge in [0, 0.05) is 39.4 Å². The van der Waals surface area contributed by atoms with Crippen LogP contribution in [0, 0.1) is 5.92 Å². The van der Waals surface area contributed by atoms with Gasteiger partial charge in [-0.15, -0.1) is 5.10 Å². The second-order valence-electron chi connectivity index (χ2n) is 8.12. The average Bonchev–Trinajstić information content (AvgIpc) is 3.21. The number of likely N-dealkylation sites (N-methyl/N-ethyl adjacent to an activating group) is 1. The highest BCUT2D eigenvalue weighted by Crippen LogP contribution is 2.31. The first-order chi connectivity index (χ1) is 13.1. The van der Waals surface area contributed by atoms with Gasteiger partial charge in [-0.2, -0.15) is 10.2 Å². The molecule has 2 fully saturated rings. The number of anilines is 2. The minimum Gasteiger partial charge on any atom is -0.351 e. The molecular weight excluding hydrogens is 342 g/mol. The van der Waals surface area contributed by atoms with Gasteiger partial charge in [0.05, 0.1) is 23.6 Å². The highest BCUT2D eigenvalue weighted by atomic mass is 16.2. The van der Waals surface area contributed by atoms with Crippen LogP contribution in [0.2, 0.25) is 0 Å². The SMILES string of the molecule is CC1CCc2nnc(N3CC(n4cc(N5CCN(C)C5=O)cn4)C3)cc2C1. The molecule has 5 rings (SSSR count). The highest BCUT2D eigenvalue weighted by Gasteiger charge is 2.33. The van der Waals surface area contributed by atoms with Crippen LogP contribution in [0.1, 0.15) is 30.6 Å². The Balaban J connectivity index is 1.25. The van der Waals surface area contributed by atoms with E-state index >= 15 is 0 Å². The van der Waals surface area contributed by atoms with Crippen molar-refractivity contribution in [2.75, 3.05) is 43.0 Å². The normalized spacial score (nSPS) is 23.0. The lowest BCUT2D eigenvalue weighted by Crippen LogP contribution is -2.48. The van der Waals surface area contributed by atoms with Crippen molar-refractivity contribution in [2.24, 2.45) is 5.92 Å². The molecule has 2 amide bonds. The van der Waals surface area contributed by atoms with Gasteiger partial charge in [-0.3, -0.25) is 9.58 Å². The van der Waals surface area contributed by atoms with E-state index in [-0.39, 0.29) is 6.03 Å². The van der Waals surface area contributed by atoms with E-state index in [4.69, 9.17) is 0 Å². The summed E-state index contributed by atoms with van der Waals surface area (Å²) in [5.74, 6) is 1.70. The van der Waals surface area contributed by atoms with E-state index in [2.05, 4.69) is 33.2 Å². The van der Waals surface area contributed by atoms with Crippen molar-refractivity contribution in [3.05, 3.63) is 29.7 Å². The molecule has 2 aromatic heterocycles. The second kappa shape index (κ2) is 6.21. The van der Waals surface area contributed by atoms with Crippen LogP contribution in [0.15, 0.2) is 18.5 Å². The summed E-state index contributed by atoms with van der Waals surface area (Å²) in [6, 6.07) is 2.58. The Morgan fingerprint density at radius 2 is 2.04 bits per heavy atom. The van der Waals surface area contributed by atoms with Gasteiger partial charge >= 0.3 is 6.03 Å². The lowest BCUT2D eigenvalue weighted by molar-refractivity contribution is 0.229. The number of carbonyl (C=O) groups is 1. The quantitative estimate of drug-likeness (QED) is 0.826. The van der Waals surface area contributed by atoms with Crippen LogP contribution in [0.25, 0.3) is 0 Å². The Bertz CT molecular complexity index is 873. The summed E-state index contributed by atoms with van der Waals surface area (Å²) in [5.41, 5.74) is 3.41. The molecule has 27 heavy (non-hydrogen) atoms. The first kappa shape index (κ1) is 16.5. The molecule has 1 aliphatic carbocycles. The zero-order valence-electron chi connectivity index (χ0n) is 15.9. The summed E-state index contributed by atoms with van der Waals surface area (Å²) in [6.45, 7) is 5.54. The van der Waals surface area contributed by atoms with Gasteiger partial charge in [-0.25, -0.2) is 4.79 Å². The van der Waals surface area contributed by atoms with Crippen molar-refractivity contribution in [2.45, 2.75) is 32.2 Å². The van der Waals surface area contributed by atoms with E-state index in [1.165, 1.54) is 17.7 Å². The fourth-order valence-corrected chi connectivity index (χ4v) is 4.21. The molecule has 0 spiro atoms. The molecule has 0 radical (unpaired) electrons. The molecule has 3 aliphatic rings. The number of fused-ring (bicyclic) bond motifs is 1. The second-order valence-corrected chi connectivity index (χ2v) is 8.12. The van der Waals surface area contributed by atoms with Gasteiger partial charge in [0.15, 0.2) is 5.82 Å². The third-order valence-corrected chi connectivity index (χ3v) is 6.07. The molecule has 8 heteroatoms. The molecule has 0 N–H and O–H groups in total. The monoisotopic (exact) mass is 367 g/mol. The maximum Gasteiger partial charge on any atom is 0.324 e. The summed E-state index contributed by atoms with van der Waals surface area (Å²) in [7, 11) is 1.83. The third kappa shape index (κ3) is 2.83. The lowest BCUT2D eigenvalue weighted by atomic mass is 9.88. The van der Waals surface area contributed by atoms with Crippen LogP contribution in [-0.4, -0.2) is 64.1 Å². The molecule has 0 aromatic carbocycles. The maximum absolute atomic E-state index is 12.1. The Hall–Kier alpha value is -2.64. The van der Waals surface area contributed by atoms with Gasteiger partial charge in [0.25, 0.3) is 0 Å². The molecule has 0 saturated carbocycles. The van der Waals surface area contributed by atoms with Crippen molar-refractivity contribution in [3.8, 4) is 0 Å². The highest BCUT2D eigenvalue weighted by molar-refractivity contribution is 5.93. The maximum atomic E-state index is 12.1. The van der Waals surface area contributed by atoms with Gasteiger partial charge in [-0.1, -0.05) is 6.92 Å². The van der Waals surface area contributed by atoms with Gasteiger partial charge in [-0.05, 0) is 36.8 Å². The molecule has 0 bridgehead atoms. The van der Waals surface area contributed by atoms with Gasteiger partial charge in [0.2, 0.25) is 0 Å². The largest absolute Gasteiger partial charge is 0.351 e. The Labute approximate surface area is 158 Å². The number of hydrogen-bond acceptors (Lipinski definition) is 5. The Morgan fingerprint density at radius 3 is 2.81 bits per heavy atom. The van der Waals surface area contributed by atoms with E-state index in [1.54, 1.807) is 16.0 Å². The smallest absolute Gasteiger partial charge is 0.324 e. The predicted molar refractivity (Wildman–Crippen MR) is 102 cm³/mol. The Morgan fingerprint density at radius 1 is 1.19 bits per heavy atom. The van der Waals surface area contributed by atoms with Crippen molar-refractivity contribution < 1.29 is 4.79 Å². The topological polar surface area (TPSA) is 70.4 Å². The third-order valence-electron chi connectivity index (χ3n) is 6.07. The number of rotatable bonds is 3. The fraction of sp³-hybridized carbons (Fsp3) is 0.579. The van der Waals surface area contributed by atoms with E-state index in [0.717, 1.165) is 56.4 Å². The van der Waals surface area contributed by atoms with Crippen LogP contribution < -0.4 is 9.80 Å². The first-order valence-electron chi connectivity index (χ1n) is 9.75.